The second kappa shape index (κ2) is 3.34. The fraction of sp³-hybridized carbons (Fsp3) is 0.300. The van der Waals surface area contributed by atoms with Gasteiger partial charge in [-0.05, 0) is 24.6 Å². The van der Waals surface area contributed by atoms with Crippen molar-refractivity contribution in [3.05, 3.63) is 20.7 Å². The van der Waals surface area contributed by atoms with Gasteiger partial charge >= 0.3 is 0 Å². The van der Waals surface area contributed by atoms with Crippen LogP contribution in [-0.4, -0.2) is 9.33 Å². The highest BCUT2D eigenvalue weighted by Crippen LogP contribution is 2.26. The van der Waals surface area contributed by atoms with E-state index in [4.69, 9.17) is 5.73 Å². The van der Waals surface area contributed by atoms with E-state index in [9.17, 15) is 4.79 Å². The van der Waals surface area contributed by atoms with E-state index in [0.29, 0.717) is 4.88 Å². The Hall–Kier alpha value is -0.360. The van der Waals surface area contributed by atoms with E-state index >= 15 is 0 Å². The quantitative estimate of drug-likeness (QED) is 0.609. The summed E-state index contributed by atoms with van der Waals surface area (Å²) >= 11 is 3.90. The van der Waals surface area contributed by atoms with Crippen LogP contribution in [0.5, 0.6) is 0 Å². The Morgan fingerprint density at radius 1 is 1.71 bits per heavy atom. The molecule has 0 spiro atoms. The SMILES string of the molecule is CC1(I)C=c2sc(C(N)=O)cc2=CC1. The first-order chi connectivity index (χ1) is 6.48. The summed E-state index contributed by atoms with van der Waals surface area (Å²) < 4.78 is 1.34. The topological polar surface area (TPSA) is 43.1 Å². The lowest BCUT2D eigenvalue weighted by atomic mass is 10.0. The van der Waals surface area contributed by atoms with Crippen LogP contribution in [-0.2, 0) is 0 Å². The molecule has 0 fully saturated rings. The Morgan fingerprint density at radius 3 is 3.07 bits per heavy atom. The van der Waals surface area contributed by atoms with Gasteiger partial charge in [-0.1, -0.05) is 34.7 Å². The molecule has 1 aromatic heterocycles. The standard InChI is InChI=1S/C10H10INOS/c1-10(11)3-2-6-4-7(9(12)13)14-8(6)5-10/h2,4-5H,3H2,1H3,(H2,12,13). The van der Waals surface area contributed by atoms with Crippen LogP contribution >= 0.6 is 33.9 Å². The molecule has 1 heterocycles. The minimum absolute atomic E-state index is 0.171. The van der Waals surface area contributed by atoms with Crippen molar-refractivity contribution in [3.63, 3.8) is 0 Å². The van der Waals surface area contributed by atoms with E-state index in [-0.39, 0.29) is 9.33 Å². The molecule has 2 nitrogen and oxygen atoms in total. The average Bonchev–Trinajstić information content (AvgIpc) is 2.45. The summed E-state index contributed by atoms with van der Waals surface area (Å²) in [4.78, 5) is 11.6. The molecule has 1 aromatic rings. The summed E-state index contributed by atoms with van der Waals surface area (Å²) in [6, 6.07) is 1.88. The predicted molar refractivity (Wildman–Crippen MR) is 68.1 cm³/mol. The van der Waals surface area contributed by atoms with Gasteiger partial charge in [0.25, 0.3) is 5.91 Å². The molecule has 0 aromatic carbocycles. The Labute approximate surface area is 99.6 Å². The number of hydrogen-bond donors (Lipinski definition) is 1. The minimum Gasteiger partial charge on any atom is -0.365 e. The number of rotatable bonds is 1. The molecular formula is C10H10INOS. The number of nitrogens with two attached hydrogens (primary N) is 1. The normalized spacial score (nSPS) is 24.7. The van der Waals surface area contributed by atoms with Crippen LogP contribution in [0.2, 0.25) is 0 Å². The smallest absolute Gasteiger partial charge is 0.258 e. The number of primary amides is 1. The third kappa shape index (κ3) is 1.86. The lowest BCUT2D eigenvalue weighted by Gasteiger charge is -2.17. The molecule has 1 unspecified atom stereocenters. The van der Waals surface area contributed by atoms with Crippen LogP contribution in [0.4, 0.5) is 0 Å². The van der Waals surface area contributed by atoms with E-state index in [1.165, 1.54) is 15.9 Å². The van der Waals surface area contributed by atoms with E-state index in [1.807, 2.05) is 6.07 Å². The van der Waals surface area contributed by atoms with Crippen LogP contribution in [0.3, 0.4) is 0 Å². The fourth-order valence-corrected chi connectivity index (χ4v) is 3.30. The molecule has 1 atom stereocenters. The highest BCUT2D eigenvalue weighted by molar-refractivity contribution is 14.1. The molecule has 0 saturated heterocycles. The van der Waals surface area contributed by atoms with Gasteiger partial charge in [0.2, 0.25) is 0 Å². The number of fused-ring (bicyclic) bond motifs is 1. The molecule has 0 radical (unpaired) electrons. The van der Waals surface area contributed by atoms with E-state index in [0.717, 1.165) is 11.6 Å². The highest BCUT2D eigenvalue weighted by Gasteiger charge is 2.18. The summed E-state index contributed by atoms with van der Waals surface area (Å²) in [5.41, 5.74) is 5.24. The first kappa shape index (κ1) is 10.2. The maximum Gasteiger partial charge on any atom is 0.258 e. The van der Waals surface area contributed by atoms with Gasteiger partial charge in [0.05, 0.1) is 4.88 Å². The molecule has 74 valence electrons. The number of carbonyl (C=O) groups excluding carboxylic acids is 1. The maximum atomic E-state index is 11.0. The molecule has 1 aliphatic carbocycles. The van der Waals surface area contributed by atoms with Crippen molar-refractivity contribution in [1.82, 2.24) is 0 Å². The molecule has 1 aliphatic rings. The highest BCUT2D eigenvalue weighted by atomic mass is 127. The molecule has 14 heavy (non-hydrogen) atoms. The summed E-state index contributed by atoms with van der Waals surface area (Å²) in [6.45, 7) is 2.18. The van der Waals surface area contributed by atoms with E-state index in [1.54, 1.807) is 0 Å². The summed E-state index contributed by atoms with van der Waals surface area (Å²) in [6.07, 6.45) is 5.39. The summed E-state index contributed by atoms with van der Waals surface area (Å²) in [5.74, 6) is -0.332. The summed E-state index contributed by atoms with van der Waals surface area (Å²) in [5, 5.41) is 1.15. The number of alkyl halides is 1. The van der Waals surface area contributed by atoms with Crippen molar-refractivity contribution in [1.29, 1.82) is 0 Å². The molecule has 0 aliphatic heterocycles. The minimum atomic E-state index is -0.332. The number of hydrogen-bond acceptors (Lipinski definition) is 2. The number of halogens is 1. The van der Waals surface area contributed by atoms with Gasteiger partial charge < -0.3 is 5.73 Å². The molecule has 0 bridgehead atoms. The average molecular weight is 319 g/mol. The largest absolute Gasteiger partial charge is 0.365 e. The van der Waals surface area contributed by atoms with Crippen molar-refractivity contribution < 1.29 is 4.79 Å². The van der Waals surface area contributed by atoms with Gasteiger partial charge in [0, 0.05) is 7.95 Å². The van der Waals surface area contributed by atoms with Gasteiger partial charge in [-0.3, -0.25) is 4.79 Å². The number of amides is 1. The molecule has 2 N–H and O–H groups in total. The van der Waals surface area contributed by atoms with E-state index in [2.05, 4.69) is 41.7 Å². The number of carbonyl (C=O) groups is 1. The molecule has 0 saturated carbocycles. The van der Waals surface area contributed by atoms with Gasteiger partial charge in [-0.25, -0.2) is 0 Å². The Morgan fingerprint density at radius 2 is 2.43 bits per heavy atom. The predicted octanol–water partition coefficient (Wildman–Crippen LogP) is 1.01. The van der Waals surface area contributed by atoms with Crippen molar-refractivity contribution in [2.75, 3.05) is 0 Å². The molecular weight excluding hydrogens is 309 g/mol. The van der Waals surface area contributed by atoms with Crippen LogP contribution in [0, 0.1) is 0 Å². The molecule has 1 amide bonds. The fourth-order valence-electron chi connectivity index (χ4n) is 1.45. The lowest BCUT2D eigenvalue weighted by Crippen LogP contribution is -2.28. The maximum absolute atomic E-state index is 11.0. The van der Waals surface area contributed by atoms with Crippen LogP contribution < -0.4 is 15.5 Å². The Bertz CT molecular complexity index is 501. The second-order valence-electron chi connectivity index (χ2n) is 3.63. The first-order valence-electron chi connectivity index (χ1n) is 4.30. The zero-order valence-corrected chi connectivity index (χ0v) is 10.7. The monoisotopic (exact) mass is 319 g/mol. The lowest BCUT2D eigenvalue weighted by molar-refractivity contribution is 0.100. The van der Waals surface area contributed by atoms with Gasteiger partial charge in [0.1, 0.15) is 0 Å². The Balaban J connectivity index is 2.64. The van der Waals surface area contributed by atoms with Crippen LogP contribution in [0.25, 0.3) is 12.2 Å². The first-order valence-corrected chi connectivity index (χ1v) is 6.19. The van der Waals surface area contributed by atoms with Crippen molar-refractivity contribution >= 4 is 52.0 Å². The second-order valence-corrected chi connectivity index (χ2v) is 7.17. The third-order valence-corrected chi connectivity index (χ3v) is 4.05. The Kier molecular flexibility index (Phi) is 2.43. The van der Waals surface area contributed by atoms with Gasteiger partial charge in [-0.2, -0.15) is 0 Å². The van der Waals surface area contributed by atoms with Gasteiger partial charge in [-0.15, -0.1) is 11.3 Å². The number of thiophene rings is 1. The van der Waals surface area contributed by atoms with Crippen molar-refractivity contribution in [3.8, 4) is 0 Å². The van der Waals surface area contributed by atoms with E-state index < -0.39 is 0 Å². The third-order valence-electron chi connectivity index (χ3n) is 2.19. The molecule has 4 heteroatoms. The zero-order valence-electron chi connectivity index (χ0n) is 7.71. The summed E-state index contributed by atoms with van der Waals surface area (Å²) in [7, 11) is 0. The van der Waals surface area contributed by atoms with Crippen molar-refractivity contribution in [2.45, 2.75) is 16.8 Å². The van der Waals surface area contributed by atoms with Crippen LogP contribution in [0.1, 0.15) is 23.0 Å². The van der Waals surface area contributed by atoms with Crippen LogP contribution in [0.15, 0.2) is 6.07 Å². The molecule has 2 rings (SSSR count). The van der Waals surface area contributed by atoms with Crippen molar-refractivity contribution in [2.24, 2.45) is 5.73 Å². The zero-order chi connectivity index (χ0) is 10.3. The van der Waals surface area contributed by atoms with Gasteiger partial charge in [0.15, 0.2) is 0 Å².